The highest BCUT2D eigenvalue weighted by atomic mass is 32.2. The largest absolute Gasteiger partial charge is 0.420 e. The van der Waals surface area contributed by atoms with E-state index >= 15 is 0 Å². The molecule has 1 aliphatic carbocycles. The van der Waals surface area contributed by atoms with Gasteiger partial charge in [0.2, 0.25) is 5.95 Å². The van der Waals surface area contributed by atoms with Crippen LogP contribution < -0.4 is 10.2 Å². The molecule has 4 fully saturated rings. The van der Waals surface area contributed by atoms with E-state index < -0.39 is 33.2 Å². The zero-order valence-corrected chi connectivity index (χ0v) is 26.0. The van der Waals surface area contributed by atoms with Gasteiger partial charge in [-0.1, -0.05) is 0 Å². The Kier molecular flexibility index (Phi) is 6.72. The van der Waals surface area contributed by atoms with Crippen molar-refractivity contribution < 1.29 is 31.1 Å². The maximum Gasteiger partial charge on any atom is 0.420 e. The fourth-order valence-corrected chi connectivity index (χ4v) is 9.82. The number of aromatic nitrogens is 2. The monoisotopic (exact) mass is 660 g/mol. The van der Waals surface area contributed by atoms with Gasteiger partial charge < -0.3 is 19.9 Å². The van der Waals surface area contributed by atoms with E-state index in [1.807, 2.05) is 12.1 Å². The van der Waals surface area contributed by atoms with Gasteiger partial charge in [0, 0.05) is 49.3 Å². The summed E-state index contributed by atoms with van der Waals surface area (Å²) >= 11 is 0.715. The van der Waals surface area contributed by atoms with Crippen LogP contribution in [-0.2, 0) is 20.8 Å². The summed E-state index contributed by atoms with van der Waals surface area (Å²) in [6, 6.07) is 8.06. The molecule has 3 aromatic rings. The van der Waals surface area contributed by atoms with Crippen LogP contribution in [0.3, 0.4) is 0 Å². The normalized spacial score (nSPS) is 24.9. The minimum atomic E-state index is -4.81. The number of sulfone groups is 1. The molecule has 2 bridgehead atoms. The van der Waals surface area contributed by atoms with E-state index in [1.165, 1.54) is 4.90 Å². The van der Waals surface area contributed by atoms with Crippen molar-refractivity contribution in [3.8, 4) is 10.6 Å². The van der Waals surface area contributed by atoms with Crippen LogP contribution in [0.5, 0.6) is 0 Å². The number of ether oxygens (including phenoxy) is 1. The second kappa shape index (κ2) is 10.4. The summed E-state index contributed by atoms with van der Waals surface area (Å²) in [5.41, 5.74) is 1.37. The van der Waals surface area contributed by atoms with Crippen molar-refractivity contribution in [1.29, 1.82) is 0 Å². The van der Waals surface area contributed by atoms with Gasteiger partial charge in [0.15, 0.2) is 9.84 Å². The van der Waals surface area contributed by atoms with E-state index in [9.17, 15) is 26.4 Å². The number of nitrogens with one attached hydrogen (secondary N) is 1. The number of piperazine rings is 1. The van der Waals surface area contributed by atoms with Gasteiger partial charge in [0.25, 0.3) is 5.91 Å². The molecule has 1 N–H and O–H groups in total. The van der Waals surface area contributed by atoms with Crippen molar-refractivity contribution in [2.75, 3.05) is 55.9 Å². The number of fused-ring (bicyclic) bond motifs is 3. The zero-order valence-electron chi connectivity index (χ0n) is 24.4. The van der Waals surface area contributed by atoms with E-state index in [0.29, 0.717) is 48.7 Å². The van der Waals surface area contributed by atoms with Crippen molar-refractivity contribution >= 4 is 44.4 Å². The number of likely N-dealkylation sites (N-methyl/N-ethyl adjacent to an activating group) is 1. The number of alkyl halides is 3. The Morgan fingerprint density at radius 2 is 1.87 bits per heavy atom. The van der Waals surface area contributed by atoms with Crippen molar-refractivity contribution in [2.24, 2.45) is 0 Å². The number of hydrogen-bond acceptors (Lipinski definition) is 10. The van der Waals surface area contributed by atoms with Gasteiger partial charge in [-0.3, -0.25) is 9.69 Å². The first-order valence-electron chi connectivity index (χ1n) is 15.0. The predicted molar refractivity (Wildman–Crippen MR) is 162 cm³/mol. The lowest BCUT2D eigenvalue weighted by molar-refractivity contribution is -0.137. The summed E-state index contributed by atoms with van der Waals surface area (Å²) in [6.07, 6.45) is -0.897. The fraction of sp³-hybridized carbons (Fsp3) is 0.500. The number of benzene rings is 1. The maximum absolute atomic E-state index is 14.2. The van der Waals surface area contributed by atoms with E-state index in [2.05, 4.69) is 38.2 Å². The summed E-state index contributed by atoms with van der Waals surface area (Å²) < 4.78 is 74.2. The fourth-order valence-electron chi connectivity index (χ4n) is 6.90. The van der Waals surface area contributed by atoms with Gasteiger partial charge in [0.1, 0.15) is 10.4 Å². The number of likely N-dealkylation sites (tertiary alicyclic amines) is 1. The Hall–Kier alpha value is -3.27. The summed E-state index contributed by atoms with van der Waals surface area (Å²) in [7, 11) is -1.76. The molecule has 0 radical (unpaired) electrons. The molecule has 1 aromatic carbocycles. The third-order valence-corrected chi connectivity index (χ3v) is 12.6. The summed E-state index contributed by atoms with van der Waals surface area (Å²) in [6.45, 7) is 2.58. The molecule has 1 saturated carbocycles. The van der Waals surface area contributed by atoms with Crippen LogP contribution in [0.2, 0.25) is 0 Å². The quantitative estimate of drug-likeness (QED) is 0.413. The Labute approximate surface area is 262 Å². The molecule has 8 rings (SSSR count). The summed E-state index contributed by atoms with van der Waals surface area (Å²) in [5.74, 6) is -0.544. The standard InChI is InChI=1S/C30H31F3N6O4S2/c1-37-12-19-8-18(37)13-39(19)17-4-5-23(21(9-17)16-2-3-16)35-29-34-11-22(30(31,32)33)26(36-29)24-10-25-27(44-24)28(40)38(20-14-43-15-20)6-7-45(25,41)42/h4-5,9-11,16,18-20H,2-3,6-8,12-15H2,1H3,(H,34,35,36)/t18-,19-/m0/s1. The van der Waals surface area contributed by atoms with E-state index in [1.54, 1.807) is 0 Å². The van der Waals surface area contributed by atoms with Gasteiger partial charge in [-0.25, -0.2) is 18.4 Å². The van der Waals surface area contributed by atoms with E-state index in [-0.39, 0.29) is 38.9 Å². The van der Waals surface area contributed by atoms with Crippen molar-refractivity contribution in [3.05, 3.63) is 46.5 Å². The number of rotatable bonds is 6. The van der Waals surface area contributed by atoms with E-state index in [0.717, 1.165) is 55.4 Å². The van der Waals surface area contributed by atoms with Gasteiger partial charge in [-0.2, -0.15) is 13.2 Å². The molecule has 2 atom stereocenters. The number of anilines is 3. The van der Waals surface area contributed by atoms with Crippen molar-refractivity contribution in [2.45, 2.75) is 54.4 Å². The number of hydrogen-bond donors (Lipinski definition) is 1. The van der Waals surface area contributed by atoms with Crippen LogP contribution in [-0.4, -0.2) is 97.9 Å². The van der Waals surface area contributed by atoms with Crippen LogP contribution in [0.25, 0.3) is 10.6 Å². The number of carbonyl (C=O) groups excluding carboxylic acids is 1. The van der Waals surface area contributed by atoms with Crippen LogP contribution in [0, 0.1) is 0 Å². The van der Waals surface area contributed by atoms with Gasteiger partial charge in [-0.05, 0) is 62.1 Å². The number of halogens is 3. The lowest BCUT2D eigenvalue weighted by Gasteiger charge is -2.36. The highest BCUT2D eigenvalue weighted by Crippen LogP contribution is 2.47. The minimum absolute atomic E-state index is 0.000530. The Bertz CT molecular complexity index is 1810. The molecule has 10 nitrogen and oxygen atoms in total. The molecule has 45 heavy (non-hydrogen) atoms. The molecule has 4 aliphatic heterocycles. The lowest BCUT2D eigenvalue weighted by Crippen LogP contribution is -2.52. The second-order valence-corrected chi connectivity index (χ2v) is 15.7. The first kappa shape index (κ1) is 29.2. The van der Waals surface area contributed by atoms with Crippen molar-refractivity contribution in [3.63, 3.8) is 0 Å². The minimum Gasteiger partial charge on any atom is -0.377 e. The van der Waals surface area contributed by atoms with Crippen LogP contribution in [0.4, 0.5) is 30.5 Å². The number of thiophene rings is 1. The molecule has 6 heterocycles. The molecule has 0 unspecified atom stereocenters. The second-order valence-electron chi connectivity index (χ2n) is 12.6. The first-order valence-corrected chi connectivity index (χ1v) is 17.5. The van der Waals surface area contributed by atoms with Crippen LogP contribution in [0.15, 0.2) is 35.4 Å². The third-order valence-electron chi connectivity index (χ3n) is 9.62. The topological polar surface area (TPSA) is 108 Å². The van der Waals surface area contributed by atoms with Gasteiger partial charge >= 0.3 is 6.18 Å². The first-order chi connectivity index (χ1) is 21.5. The van der Waals surface area contributed by atoms with Gasteiger partial charge in [0.05, 0.1) is 40.5 Å². The molecule has 15 heteroatoms. The summed E-state index contributed by atoms with van der Waals surface area (Å²) in [5, 5.41) is 3.16. The predicted octanol–water partition coefficient (Wildman–Crippen LogP) is 4.37. The average molecular weight is 661 g/mol. The molecule has 1 amide bonds. The molecule has 3 saturated heterocycles. The van der Waals surface area contributed by atoms with Crippen molar-refractivity contribution in [1.82, 2.24) is 19.8 Å². The highest BCUT2D eigenvalue weighted by Gasteiger charge is 2.43. The summed E-state index contributed by atoms with van der Waals surface area (Å²) in [4.78, 5) is 27.6. The molecular weight excluding hydrogens is 629 g/mol. The molecule has 238 valence electrons. The zero-order chi connectivity index (χ0) is 31.2. The SMILES string of the molecule is CN1C[C@@H]2C[C@H]1CN2c1ccc(Nc2ncc(C(F)(F)F)c(-c3cc4c(s3)C(=O)N(C3COC3)CCS4(=O)=O)n2)c(C2CC2)c1. The van der Waals surface area contributed by atoms with Gasteiger partial charge in [-0.15, -0.1) is 11.3 Å². The smallest absolute Gasteiger partial charge is 0.377 e. The number of carbonyl (C=O) groups is 1. The Morgan fingerprint density at radius 3 is 2.51 bits per heavy atom. The third kappa shape index (κ3) is 5.07. The van der Waals surface area contributed by atoms with Crippen LogP contribution >= 0.6 is 11.3 Å². The number of amides is 1. The van der Waals surface area contributed by atoms with Crippen LogP contribution in [0.1, 0.15) is 46.0 Å². The molecule has 0 spiro atoms. The highest BCUT2D eigenvalue weighted by molar-refractivity contribution is 7.91. The Morgan fingerprint density at radius 1 is 1.07 bits per heavy atom. The average Bonchev–Trinajstić information content (AvgIpc) is 3.43. The lowest BCUT2D eigenvalue weighted by atomic mass is 10.1. The maximum atomic E-state index is 14.2. The van der Waals surface area contributed by atoms with E-state index in [4.69, 9.17) is 4.74 Å². The Balaban J connectivity index is 1.15. The number of nitrogens with zero attached hydrogens (tertiary/aromatic N) is 5. The molecule has 5 aliphatic rings. The molecule has 2 aromatic heterocycles. The molecular formula is C30H31F3N6O4S2.